The van der Waals surface area contributed by atoms with Crippen LogP contribution in [0.25, 0.3) is 0 Å². The van der Waals surface area contributed by atoms with Crippen molar-refractivity contribution in [3.05, 3.63) is 22.6 Å². The van der Waals surface area contributed by atoms with Crippen molar-refractivity contribution in [2.45, 2.75) is 13.2 Å². The average molecular weight is 285 g/mol. The summed E-state index contributed by atoms with van der Waals surface area (Å²) in [7, 11) is 0. The number of alkyl halides is 1. The van der Waals surface area contributed by atoms with Crippen LogP contribution in [0.2, 0.25) is 0 Å². The van der Waals surface area contributed by atoms with Crippen molar-refractivity contribution in [3.63, 3.8) is 0 Å². The monoisotopic (exact) mass is 285 g/mol. The lowest BCUT2D eigenvalue weighted by molar-refractivity contribution is -0.153. The maximum Gasteiger partial charge on any atom is 0.363 e. The summed E-state index contributed by atoms with van der Waals surface area (Å²) in [6.07, 6.45) is -0.861. The summed E-state index contributed by atoms with van der Waals surface area (Å²) in [5.41, 5.74) is -0.0971. The third kappa shape index (κ3) is 3.13. The summed E-state index contributed by atoms with van der Waals surface area (Å²) >= 11 is 0. The first kappa shape index (κ1) is 14.4. The molecule has 0 aromatic carbocycles. The Labute approximate surface area is 114 Å². The van der Waals surface area contributed by atoms with Crippen LogP contribution >= 0.6 is 0 Å². The molecular weight excluding hydrogens is 269 g/mol. The van der Waals surface area contributed by atoms with Gasteiger partial charge in [-0.15, -0.1) is 0 Å². The van der Waals surface area contributed by atoms with Crippen molar-refractivity contribution in [2.75, 3.05) is 37.8 Å². The summed E-state index contributed by atoms with van der Waals surface area (Å²) in [6.45, 7) is 4.02. The molecule has 1 aliphatic heterocycles. The molecular formula is C12H16FN3O4. The van der Waals surface area contributed by atoms with Crippen LogP contribution in [0, 0.1) is 0 Å². The Hall–Kier alpha value is -1.96. The topological polar surface area (TPSA) is 73.7 Å². The fourth-order valence-electron chi connectivity index (χ4n) is 1.88. The van der Waals surface area contributed by atoms with E-state index in [-0.39, 0.29) is 6.61 Å². The third-order valence-electron chi connectivity index (χ3n) is 2.88. The van der Waals surface area contributed by atoms with Gasteiger partial charge in [-0.3, -0.25) is 4.79 Å². The number of halogens is 1. The second-order valence-corrected chi connectivity index (χ2v) is 4.18. The highest BCUT2D eigenvalue weighted by Crippen LogP contribution is 2.13. The number of rotatable bonds is 4. The zero-order chi connectivity index (χ0) is 14.5. The number of hydrogen-bond donors (Lipinski definition) is 0. The summed E-state index contributed by atoms with van der Waals surface area (Å²) in [4.78, 5) is 25.0. The van der Waals surface area contributed by atoms with Gasteiger partial charge < -0.3 is 14.4 Å². The number of carbonyl (C=O) groups excluding carboxylic acids is 1. The van der Waals surface area contributed by atoms with Crippen LogP contribution < -0.4 is 10.5 Å². The number of aromatic nitrogens is 2. The van der Waals surface area contributed by atoms with Gasteiger partial charge in [-0.1, -0.05) is 0 Å². The van der Waals surface area contributed by atoms with E-state index in [0.29, 0.717) is 36.7 Å². The van der Waals surface area contributed by atoms with Crippen molar-refractivity contribution < 1.29 is 18.7 Å². The molecule has 2 rings (SSSR count). The molecule has 1 atom stereocenters. The van der Waals surface area contributed by atoms with Gasteiger partial charge in [-0.05, 0) is 6.92 Å². The molecule has 8 heteroatoms. The van der Waals surface area contributed by atoms with Crippen LogP contribution in [0.1, 0.15) is 13.2 Å². The normalized spacial score (nSPS) is 16.8. The molecule has 1 aromatic rings. The van der Waals surface area contributed by atoms with Crippen LogP contribution in [0.5, 0.6) is 0 Å². The van der Waals surface area contributed by atoms with Gasteiger partial charge in [-0.25, -0.2) is 9.18 Å². The molecule has 0 saturated carbocycles. The molecule has 0 aliphatic carbocycles. The number of morpholine rings is 1. The van der Waals surface area contributed by atoms with Gasteiger partial charge in [0.25, 0.3) is 11.9 Å². The number of anilines is 1. The second-order valence-electron chi connectivity index (χ2n) is 4.18. The molecule has 0 N–H and O–H groups in total. The summed E-state index contributed by atoms with van der Waals surface area (Å²) in [5.74, 6) is -1.12. The molecule has 0 bridgehead atoms. The number of esters is 1. The van der Waals surface area contributed by atoms with Gasteiger partial charge in [0, 0.05) is 19.2 Å². The molecule has 1 fully saturated rings. The first-order valence-electron chi connectivity index (χ1n) is 6.35. The minimum absolute atomic E-state index is 0.0415. The zero-order valence-corrected chi connectivity index (χ0v) is 11.1. The standard InChI is InChI=1S/C12H16FN3O4/c1-2-20-12(18)11(13)16-10(17)7-9(8-14-16)15-3-5-19-6-4-15/h7-8,11H,2-6H2,1H3. The van der Waals surface area contributed by atoms with Crippen molar-refractivity contribution in [1.82, 2.24) is 9.78 Å². The molecule has 1 unspecified atom stereocenters. The molecule has 0 spiro atoms. The van der Waals surface area contributed by atoms with E-state index in [1.807, 2.05) is 4.90 Å². The Balaban J connectivity index is 2.17. The van der Waals surface area contributed by atoms with Gasteiger partial charge in [0.2, 0.25) is 0 Å². The maximum atomic E-state index is 13.7. The van der Waals surface area contributed by atoms with Gasteiger partial charge >= 0.3 is 5.97 Å². The SMILES string of the molecule is CCOC(=O)C(F)n1ncc(N2CCOCC2)cc1=O. The summed E-state index contributed by atoms with van der Waals surface area (Å²) in [6, 6.07) is 1.25. The lowest BCUT2D eigenvalue weighted by Crippen LogP contribution is -2.38. The Bertz CT molecular complexity index is 528. The van der Waals surface area contributed by atoms with Crippen molar-refractivity contribution >= 4 is 11.7 Å². The zero-order valence-electron chi connectivity index (χ0n) is 11.1. The van der Waals surface area contributed by atoms with E-state index in [4.69, 9.17) is 4.74 Å². The molecule has 110 valence electrons. The minimum atomic E-state index is -2.22. The minimum Gasteiger partial charge on any atom is -0.462 e. The van der Waals surface area contributed by atoms with E-state index in [1.54, 1.807) is 6.92 Å². The first-order chi connectivity index (χ1) is 9.63. The quantitative estimate of drug-likeness (QED) is 0.731. The van der Waals surface area contributed by atoms with Crippen molar-refractivity contribution in [2.24, 2.45) is 0 Å². The van der Waals surface area contributed by atoms with Gasteiger partial charge in [0.1, 0.15) is 0 Å². The average Bonchev–Trinajstić information content (AvgIpc) is 2.47. The number of nitrogens with zero attached hydrogens (tertiary/aromatic N) is 3. The maximum absolute atomic E-state index is 13.7. The number of ether oxygens (including phenoxy) is 2. The second kappa shape index (κ2) is 6.47. The predicted octanol–water partition coefficient (Wildman–Crippen LogP) is 0.111. The highest BCUT2D eigenvalue weighted by molar-refractivity contribution is 5.72. The highest BCUT2D eigenvalue weighted by Gasteiger charge is 2.23. The van der Waals surface area contributed by atoms with Crippen LogP contribution in [0.4, 0.5) is 10.1 Å². The van der Waals surface area contributed by atoms with Gasteiger partial charge in [0.15, 0.2) is 0 Å². The Kier molecular flexibility index (Phi) is 4.67. The smallest absolute Gasteiger partial charge is 0.363 e. The Morgan fingerprint density at radius 2 is 2.25 bits per heavy atom. The fourth-order valence-corrected chi connectivity index (χ4v) is 1.88. The van der Waals surface area contributed by atoms with Crippen molar-refractivity contribution in [3.8, 4) is 0 Å². The first-order valence-corrected chi connectivity index (χ1v) is 6.35. The van der Waals surface area contributed by atoms with E-state index in [9.17, 15) is 14.0 Å². The predicted molar refractivity (Wildman–Crippen MR) is 68.3 cm³/mol. The molecule has 1 aliphatic rings. The van der Waals surface area contributed by atoms with E-state index < -0.39 is 17.8 Å². The largest absolute Gasteiger partial charge is 0.462 e. The Morgan fingerprint density at radius 3 is 2.85 bits per heavy atom. The third-order valence-corrected chi connectivity index (χ3v) is 2.88. The van der Waals surface area contributed by atoms with Crippen LogP contribution in [0.3, 0.4) is 0 Å². The molecule has 7 nitrogen and oxygen atoms in total. The van der Waals surface area contributed by atoms with Gasteiger partial charge in [-0.2, -0.15) is 9.78 Å². The number of hydrogen-bond acceptors (Lipinski definition) is 6. The molecule has 0 amide bonds. The fraction of sp³-hybridized carbons (Fsp3) is 0.583. The molecule has 0 radical (unpaired) electrons. The lowest BCUT2D eigenvalue weighted by Gasteiger charge is -2.28. The van der Waals surface area contributed by atoms with Crippen LogP contribution in [0.15, 0.2) is 17.1 Å². The van der Waals surface area contributed by atoms with E-state index in [0.717, 1.165) is 0 Å². The highest BCUT2D eigenvalue weighted by atomic mass is 19.1. The van der Waals surface area contributed by atoms with Crippen LogP contribution in [-0.2, 0) is 14.3 Å². The summed E-state index contributed by atoms with van der Waals surface area (Å²) < 4.78 is 23.9. The molecule has 20 heavy (non-hydrogen) atoms. The van der Waals surface area contributed by atoms with Gasteiger partial charge in [0.05, 0.1) is 31.7 Å². The molecule has 1 saturated heterocycles. The lowest BCUT2D eigenvalue weighted by atomic mass is 10.3. The van der Waals surface area contributed by atoms with Crippen molar-refractivity contribution in [1.29, 1.82) is 0 Å². The van der Waals surface area contributed by atoms with Crippen LogP contribution in [-0.4, -0.2) is 48.7 Å². The molecule has 1 aromatic heterocycles. The van der Waals surface area contributed by atoms with E-state index in [2.05, 4.69) is 9.84 Å². The number of carbonyl (C=O) groups is 1. The van der Waals surface area contributed by atoms with E-state index >= 15 is 0 Å². The van der Waals surface area contributed by atoms with E-state index in [1.165, 1.54) is 12.3 Å². The molecule has 2 heterocycles. The summed E-state index contributed by atoms with van der Waals surface area (Å²) in [5, 5.41) is 3.70. The Morgan fingerprint density at radius 1 is 1.55 bits per heavy atom.